The highest BCUT2D eigenvalue weighted by Crippen LogP contribution is 2.37. The van der Waals surface area contributed by atoms with Crippen LogP contribution in [0.1, 0.15) is 6.92 Å². The predicted molar refractivity (Wildman–Crippen MR) is 56.8 cm³/mol. The molecule has 0 radical (unpaired) electrons. The molecule has 0 heterocycles. The van der Waals surface area contributed by atoms with Gasteiger partial charge in [0.05, 0.1) is 0 Å². The third-order valence-corrected chi connectivity index (χ3v) is 2.16. The van der Waals surface area contributed by atoms with Crippen LogP contribution in [0, 0.1) is 0 Å². The summed E-state index contributed by atoms with van der Waals surface area (Å²) in [6.07, 6.45) is -1.01. The first-order chi connectivity index (χ1) is 7.78. The van der Waals surface area contributed by atoms with E-state index in [4.69, 9.17) is 19.6 Å². The molecular formula is C9H11O7P. The molecule has 0 saturated heterocycles. The Morgan fingerprint density at radius 2 is 1.71 bits per heavy atom. The van der Waals surface area contributed by atoms with Crippen molar-refractivity contribution in [2.75, 3.05) is 0 Å². The van der Waals surface area contributed by atoms with Crippen molar-refractivity contribution in [1.82, 2.24) is 0 Å². The Hall–Kier alpha value is -1.56. The summed E-state index contributed by atoms with van der Waals surface area (Å²) in [5.41, 5.74) is 0. The van der Waals surface area contributed by atoms with Crippen LogP contribution in [0.15, 0.2) is 24.3 Å². The van der Waals surface area contributed by atoms with Crippen molar-refractivity contribution in [3.8, 4) is 11.5 Å². The molecule has 3 N–H and O–H groups in total. The van der Waals surface area contributed by atoms with E-state index >= 15 is 0 Å². The average Bonchev–Trinajstić information content (AvgIpc) is 2.18. The van der Waals surface area contributed by atoms with Gasteiger partial charge in [0.25, 0.3) is 0 Å². The number of carboxylic acids is 1. The van der Waals surface area contributed by atoms with Gasteiger partial charge in [-0.25, -0.2) is 9.36 Å². The summed E-state index contributed by atoms with van der Waals surface area (Å²) in [6, 6.07) is 5.24. The molecule has 0 aliphatic heterocycles. The van der Waals surface area contributed by atoms with E-state index in [9.17, 15) is 9.36 Å². The number of ether oxygens (including phenoxy) is 1. The molecular weight excluding hydrogens is 251 g/mol. The number of hydrogen-bond acceptors (Lipinski definition) is 4. The van der Waals surface area contributed by atoms with Gasteiger partial charge in [0.2, 0.25) is 0 Å². The van der Waals surface area contributed by atoms with Crippen LogP contribution in [-0.4, -0.2) is 27.0 Å². The second-order valence-electron chi connectivity index (χ2n) is 3.15. The molecule has 1 rings (SSSR count). The molecule has 94 valence electrons. The van der Waals surface area contributed by atoms with Crippen molar-refractivity contribution in [3.05, 3.63) is 24.3 Å². The lowest BCUT2D eigenvalue weighted by atomic mass is 10.3. The van der Waals surface area contributed by atoms with Gasteiger partial charge in [-0.1, -0.05) is 0 Å². The lowest BCUT2D eigenvalue weighted by Gasteiger charge is -2.11. The largest absolute Gasteiger partial charge is 0.524 e. The highest BCUT2D eigenvalue weighted by Gasteiger charge is 2.16. The Kier molecular flexibility index (Phi) is 4.11. The van der Waals surface area contributed by atoms with Crippen LogP contribution < -0.4 is 9.26 Å². The summed E-state index contributed by atoms with van der Waals surface area (Å²) < 4.78 is 19.8. The second kappa shape index (κ2) is 5.18. The van der Waals surface area contributed by atoms with E-state index in [1.165, 1.54) is 31.2 Å². The SMILES string of the molecule is C[C@@H](Oc1ccc(OP(=O)(O)O)cc1)C(=O)O. The van der Waals surface area contributed by atoms with Gasteiger partial charge in [-0.15, -0.1) is 0 Å². The molecule has 1 aromatic carbocycles. The van der Waals surface area contributed by atoms with Crippen molar-refractivity contribution in [1.29, 1.82) is 0 Å². The minimum absolute atomic E-state index is 0.0336. The van der Waals surface area contributed by atoms with Crippen LogP contribution in [-0.2, 0) is 9.36 Å². The zero-order valence-electron chi connectivity index (χ0n) is 8.81. The zero-order chi connectivity index (χ0) is 13.1. The fourth-order valence-corrected chi connectivity index (χ4v) is 1.37. The first-order valence-electron chi connectivity index (χ1n) is 4.52. The number of rotatable bonds is 5. The Morgan fingerprint density at radius 1 is 1.24 bits per heavy atom. The summed E-state index contributed by atoms with van der Waals surface area (Å²) in [5, 5.41) is 8.60. The third kappa shape index (κ3) is 4.86. The number of benzene rings is 1. The van der Waals surface area contributed by atoms with Gasteiger partial charge in [0.1, 0.15) is 11.5 Å². The summed E-state index contributed by atoms with van der Waals surface area (Å²) in [5.74, 6) is -0.882. The zero-order valence-corrected chi connectivity index (χ0v) is 9.70. The van der Waals surface area contributed by atoms with E-state index in [0.717, 1.165) is 0 Å². The molecule has 0 fully saturated rings. The van der Waals surface area contributed by atoms with Gasteiger partial charge in [0.15, 0.2) is 6.10 Å². The molecule has 0 aromatic heterocycles. The Balaban J connectivity index is 2.68. The molecule has 0 amide bonds. The maximum Gasteiger partial charge on any atom is 0.524 e. The van der Waals surface area contributed by atoms with Gasteiger partial charge >= 0.3 is 13.8 Å². The fraction of sp³-hybridized carbons (Fsp3) is 0.222. The van der Waals surface area contributed by atoms with E-state index in [1.54, 1.807) is 0 Å². The molecule has 0 aliphatic carbocycles. The summed E-state index contributed by atoms with van der Waals surface area (Å²) >= 11 is 0. The van der Waals surface area contributed by atoms with E-state index in [0.29, 0.717) is 0 Å². The van der Waals surface area contributed by atoms with Crippen LogP contribution in [0.2, 0.25) is 0 Å². The van der Waals surface area contributed by atoms with Gasteiger partial charge in [-0.2, -0.15) is 0 Å². The van der Waals surface area contributed by atoms with Crippen LogP contribution >= 0.6 is 7.82 Å². The summed E-state index contributed by atoms with van der Waals surface area (Å²) in [4.78, 5) is 27.6. The molecule has 0 bridgehead atoms. The number of hydrogen-bond donors (Lipinski definition) is 3. The van der Waals surface area contributed by atoms with Crippen LogP contribution in [0.4, 0.5) is 0 Å². The minimum Gasteiger partial charge on any atom is -0.479 e. The first kappa shape index (κ1) is 13.5. The monoisotopic (exact) mass is 262 g/mol. The molecule has 7 nitrogen and oxygen atoms in total. The number of carbonyl (C=O) groups is 1. The van der Waals surface area contributed by atoms with Gasteiger partial charge in [-0.3, -0.25) is 9.79 Å². The Bertz CT molecular complexity index is 435. The van der Waals surface area contributed by atoms with Crippen LogP contribution in [0.3, 0.4) is 0 Å². The molecule has 1 atom stereocenters. The highest BCUT2D eigenvalue weighted by molar-refractivity contribution is 7.46. The summed E-state index contributed by atoms with van der Waals surface area (Å²) in [7, 11) is -4.58. The third-order valence-electron chi connectivity index (χ3n) is 1.71. The van der Waals surface area contributed by atoms with Crippen molar-refractivity contribution >= 4 is 13.8 Å². The standard InChI is InChI=1S/C9H11O7P/c1-6(9(10)11)15-7-2-4-8(5-3-7)16-17(12,13)14/h2-6H,1H3,(H,10,11)(H2,12,13,14)/t6-/m1/s1. The van der Waals surface area contributed by atoms with Gasteiger partial charge in [-0.05, 0) is 31.2 Å². The molecule has 1 aromatic rings. The van der Waals surface area contributed by atoms with E-state index in [1.807, 2.05) is 0 Å². The average molecular weight is 262 g/mol. The van der Waals surface area contributed by atoms with E-state index < -0.39 is 19.9 Å². The minimum atomic E-state index is -4.58. The lowest BCUT2D eigenvalue weighted by molar-refractivity contribution is -0.144. The fourth-order valence-electron chi connectivity index (χ4n) is 0.971. The number of aliphatic carboxylic acids is 1. The Morgan fingerprint density at radius 3 is 2.12 bits per heavy atom. The molecule has 0 unspecified atom stereocenters. The quantitative estimate of drug-likeness (QED) is 0.678. The molecule has 0 aliphatic rings. The highest BCUT2D eigenvalue weighted by atomic mass is 31.2. The first-order valence-corrected chi connectivity index (χ1v) is 6.05. The van der Waals surface area contributed by atoms with Gasteiger partial charge < -0.3 is 14.4 Å². The van der Waals surface area contributed by atoms with Crippen LogP contribution in [0.5, 0.6) is 11.5 Å². The number of phosphoric ester groups is 1. The lowest BCUT2D eigenvalue weighted by Crippen LogP contribution is -2.22. The predicted octanol–water partition coefficient (Wildman–Crippen LogP) is 1.01. The van der Waals surface area contributed by atoms with Crippen molar-refractivity contribution < 1.29 is 33.5 Å². The molecule has 8 heteroatoms. The maximum atomic E-state index is 10.5. The smallest absolute Gasteiger partial charge is 0.479 e. The van der Waals surface area contributed by atoms with E-state index in [-0.39, 0.29) is 11.5 Å². The normalized spacial score (nSPS) is 12.9. The molecule has 0 saturated carbocycles. The van der Waals surface area contributed by atoms with E-state index in [2.05, 4.69) is 4.52 Å². The number of phosphoric acid groups is 1. The summed E-state index contributed by atoms with van der Waals surface area (Å²) in [6.45, 7) is 1.36. The topological polar surface area (TPSA) is 113 Å². The van der Waals surface area contributed by atoms with Crippen LogP contribution in [0.25, 0.3) is 0 Å². The van der Waals surface area contributed by atoms with Crippen molar-refractivity contribution in [2.24, 2.45) is 0 Å². The number of carboxylic acid groups (broad SMARTS) is 1. The van der Waals surface area contributed by atoms with Crippen molar-refractivity contribution in [3.63, 3.8) is 0 Å². The molecule has 17 heavy (non-hydrogen) atoms. The van der Waals surface area contributed by atoms with Gasteiger partial charge in [0, 0.05) is 0 Å². The molecule has 0 spiro atoms. The maximum absolute atomic E-state index is 10.5. The Labute approximate surface area is 96.8 Å². The second-order valence-corrected chi connectivity index (χ2v) is 4.32. The van der Waals surface area contributed by atoms with Crippen molar-refractivity contribution in [2.45, 2.75) is 13.0 Å².